The van der Waals surface area contributed by atoms with E-state index >= 15 is 0 Å². The van der Waals surface area contributed by atoms with Gasteiger partial charge in [-0.3, -0.25) is 4.79 Å². The summed E-state index contributed by atoms with van der Waals surface area (Å²) in [4.78, 5) is 17.2. The van der Waals surface area contributed by atoms with Crippen molar-refractivity contribution in [1.82, 2.24) is 10.3 Å². The predicted molar refractivity (Wildman–Crippen MR) is 78.9 cm³/mol. The van der Waals surface area contributed by atoms with Gasteiger partial charge in [-0.25, -0.2) is 4.98 Å². The number of hydrogen-bond acceptors (Lipinski definition) is 3. The molecule has 2 rings (SSSR count). The van der Waals surface area contributed by atoms with Gasteiger partial charge in [0.1, 0.15) is 5.15 Å². The van der Waals surface area contributed by atoms with Crippen LogP contribution in [0.5, 0.6) is 0 Å². The van der Waals surface area contributed by atoms with Crippen LogP contribution in [-0.2, 0) is 5.41 Å². The minimum Gasteiger partial charge on any atom is -0.351 e. The minimum atomic E-state index is -0.192. The van der Waals surface area contributed by atoms with Crippen LogP contribution in [0, 0.1) is 0 Å². The average molecular weight is 295 g/mol. The number of carbonyl (C=O) groups is 1. The van der Waals surface area contributed by atoms with Crippen molar-refractivity contribution in [3.05, 3.63) is 51.4 Å². The number of nitrogens with zero attached hydrogens (tertiary/aromatic N) is 1. The Bertz CT molecular complexity index is 567. The normalized spacial score (nSPS) is 11.3. The summed E-state index contributed by atoms with van der Waals surface area (Å²) >= 11 is 7.59. The van der Waals surface area contributed by atoms with Gasteiger partial charge < -0.3 is 5.32 Å². The predicted octanol–water partition coefficient (Wildman–Crippen LogP) is 3.50. The number of pyridine rings is 1. The van der Waals surface area contributed by atoms with Gasteiger partial charge in [0, 0.05) is 23.0 Å². The lowest BCUT2D eigenvalue weighted by molar-refractivity contribution is 0.0945. The molecular weight excluding hydrogens is 280 g/mol. The zero-order valence-corrected chi connectivity index (χ0v) is 12.4. The molecule has 1 amide bonds. The lowest BCUT2D eigenvalue weighted by atomic mass is 9.91. The van der Waals surface area contributed by atoms with Crippen molar-refractivity contribution in [3.63, 3.8) is 0 Å². The Morgan fingerprint density at radius 2 is 2.21 bits per heavy atom. The Morgan fingerprint density at radius 1 is 1.42 bits per heavy atom. The monoisotopic (exact) mass is 294 g/mol. The van der Waals surface area contributed by atoms with Gasteiger partial charge >= 0.3 is 0 Å². The SMILES string of the molecule is CC(C)(CNC(=O)c1cccnc1Cl)c1cccs1. The molecule has 2 aromatic heterocycles. The standard InChI is InChI=1S/C14H15ClN2OS/c1-14(2,11-6-4-8-19-11)9-17-13(18)10-5-3-7-16-12(10)15/h3-8H,9H2,1-2H3,(H,17,18). The molecule has 5 heteroatoms. The van der Waals surface area contributed by atoms with Crippen molar-refractivity contribution in [2.45, 2.75) is 19.3 Å². The topological polar surface area (TPSA) is 42.0 Å². The number of thiophene rings is 1. The van der Waals surface area contributed by atoms with Crippen molar-refractivity contribution in [2.24, 2.45) is 0 Å². The summed E-state index contributed by atoms with van der Waals surface area (Å²) in [6.07, 6.45) is 1.56. The smallest absolute Gasteiger partial charge is 0.254 e. The number of hydrogen-bond donors (Lipinski definition) is 1. The molecule has 0 aromatic carbocycles. The summed E-state index contributed by atoms with van der Waals surface area (Å²) in [6, 6.07) is 7.46. The van der Waals surface area contributed by atoms with Crippen molar-refractivity contribution in [1.29, 1.82) is 0 Å². The van der Waals surface area contributed by atoms with Crippen molar-refractivity contribution in [2.75, 3.05) is 6.54 Å². The number of nitrogens with one attached hydrogen (secondary N) is 1. The van der Waals surface area contributed by atoms with E-state index in [0.29, 0.717) is 12.1 Å². The van der Waals surface area contributed by atoms with E-state index in [4.69, 9.17) is 11.6 Å². The molecule has 0 spiro atoms. The molecule has 3 nitrogen and oxygen atoms in total. The molecule has 2 aromatic rings. The first-order valence-electron chi connectivity index (χ1n) is 5.93. The van der Waals surface area contributed by atoms with Gasteiger partial charge in [-0.15, -0.1) is 11.3 Å². The van der Waals surface area contributed by atoms with Gasteiger partial charge in [-0.1, -0.05) is 31.5 Å². The number of rotatable bonds is 4. The summed E-state index contributed by atoms with van der Waals surface area (Å²) in [5.74, 6) is -0.192. The molecule has 0 unspecified atom stereocenters. The molecule has 100 valence electrons. The van der Waals surface area contributed by atoms with Gasteiger partial charge in [0.2, 0.25) is 0 Å². The van der Waals surface area contributed by atoms with Crippen LogP contribution in [0.4, 0.5) is 0 Å². The lowest BCUT2D eigenvalue weighted by Gasteiger charge is -2.23. The van der Waals surface area contributed by atoms with Crippen LogP contribution in [0.1, 0.15) is 29.1 Å². The first-order valence-corrected chi connectivity index (χ1v) is 7.19. The van der Waals surface area contributed by atoms with Gasteiger partial charge in [-0.2, -0.15) is 0 Å². The summed E-state index contributed by atoms with van der Waals surface area (Å²) in [5.41, 5.74) is 0.310. The van der Waals surface area contributed by atoms with E-state index in [1.54, 1.807) is 29.7 Å². The molecule has 0 aliphatic rings. The number of halogens is 1. The van der Waals surface area contributed by atoms with Crippen LogP contribution in [0.15, 0.2) is 35.8 Å². The number of carbonyl (C=O) groups excluding carboxylic acids is 1. The van der Waals surface area contributed by atoms with Crippen LogP contribution in [-0.4, -0.2) is 17.4 Å². The second-order valence-corrected chi connectivity index (χ2v) is 6.19. The van der Waals surface area contributed by atoms with Crippen molar-refractivity contribution >= 4 is 28.8 Å². The van der Waals surface area contributed by atoms with Gasteiger partial charge in [0.25, 0.3) is 5.91 Å². The lowest BCUT2D eigenvalue weighted by Crippen LogP contribution is -2.36. The fraction of sp³-hybridized carbons (Fsp3) is 0.286. The average Bonchev–Trinajstić information content (AvgIpc) is 2.91. The Morgan fingerprint density at radius 3 is 2.84 bits per heavy atom. The Balaban J connectivity index is 2.03. The number of aromatic nitrogens is 1. The summed E-state index contributed by atoms with van der Waals surface area (Å²) in [5, 5.41) is 5.18. The van der Waals surface area contributed by atoms with E-state index < -0.39 is 0 Å². The van der Waals surface area contributed by atoms with E-state index in [0.717, 1.165) is 0 Å². The molecule has 0 radical (unpaired) electrons. The van der Waals surface area contributed by atoms with E-state index in [-0.39, 0.29) is 16.5 Å². The highest BCUT2D eigenvalue weighted by Crippen LogP contribution is 2.26. The highest BCUT2D eigenvalue weighted by atomic mass is 35.5. The third-order valence-electron chi connectivity index (χ3n) is 2.88. The van der Waals surface area contributed by atoms with Crippen LogP contribution < -0.4 is 5.32 Å². The third kappa shape index (κ3) is 3.33. The molecule has 0 bridgehead atoms. The molecule has 0 aliphatic heterocycles. The van der Waals surface area contributed by atoms with E-state index in [2.05, 4.69) is 30.2 Å². The quantitative estimate of drug-likeness (QED) is 0.877. The summed E-state index contributed by atoms with van der Waals surface area (Å²) < 4.78 is 0. The maximum absolute atomic E-state index is 12.0. The second kappa shape index (κ2) is 5.72. The van der Waals surface area contributed by atoms with E-state index in [9.17, 15) is 4.79 Å². The van der Waals surface area contributed by atoms with E-state index in [1.165, 1.54) is 4.88 Å². The highest BCUT2D eigenvalue weighted by molar-refractivity contribution is 7.10. The maximum Gasteiger partial charge on any atom is 0.254 e. The summed E-state index contributed by atoms with van der Waals surface area (Å²) in [6.45, 7) is 4.76. The number of amides is 1. The minimum absolute atomic E-state index is 0.0987. The molecule has 0 saturated carbocycles. The molecule has 1 N–H and O–H groups in total. The molecule has 0 aliphatic carbocycles. The first kappa shape index (κ1) is 14.0. The Hall–Kier alpha value is -1.39. The zero-order chi connectivity index (χ0) is 13.9. The van der Waals surface area contributed by atoms with Crippen LogP contribution in [0.3, 0.4) is 0 Å². The molecule has 19 heavy (non-hydrogen) atoms. The van der Waals surface area contributed by atoms with E-state index in [1.807, 2.05) is 11.4 Å². The van der Waals surface area contributed by atoms with Crippen LogP contribution in [0.25, 0.3) is 0 Å². The van der Waals surface area contributed by atoms with Crippen molar-refractivity contribution < 1.29 is 4.79 Å². The molecule has 0 atom stereocenters. The fourth-order valence-electron chi connectivity index (χ4n) is 1.70. The van der Waals surface area contributed by atoms with Crippen molar-refractivity contribution in [3.8, 4) is 0 Å². The Kier molecular flexibility index (Phi) is 4.22. The Labute approximate surface area is 121 Å². The summed E-state index contributed by atoms with van der Waals surface area (Å²) in [7, 11) is 0. The molecule has 0 fully saturated rings. The largest absolute Gasteiger partial charge is 0.351 e. The maximum atomic E-state index is 12.0. The highest BCUT2D eigenvalue weighted by Gasteiger charge is 2.23. The van der Waals surface area contributed by atoms with Crippen LogP contribution in [0.2, 0.25) is 5.15 Å². The van der Waals surface area contributed by atoms with Crippen LogP contribution >= 0.6 is 22.9 Å². The van der Waals surface area contributed by atoms with Gasteiger partial charge in [0.15, 0.2) is 0 Å². The second-order valence-electron chi connectivity index (χ2n) is 4.89. The van der Waals surface area contributed by atoms with Gasteiger partial charge in [0.05, 0.1) is 5.56 Å². The molecule has 0 saturated heterocycles. The first-order chi connectivity index (χ1) is 9.00. The molecular formula is C14H15ClN2OS. The zero-order valence-electron chi connectivity index (χ0n) is 10.8. The fourth-order valence-corrected chi connectivity index (χ4v) is 2.76. The molecule has 2 heterocycles. The third-order valence-corrected chi connectivity index (χ3v) is 4.42. The van der Waals surface area contributed by atoms with Gasteiger partial charge in [-0.05, 0) is 23.6 Å².